The van der Waals surface area contributed by atoms with Crippen molar-refractivity contribution in [3.8, 4) is 0 Å². The van der Waals surface area contributed by atoms with Crippen molar-refractivity contribution in [2.75, 3.05) is 11.4 Å². The van der Waals surface area contributed by atoms with E-state index in [1.54, 1.807) is 0 Å². The third-order valence-electron chi connectivity index (χ3n) is 3.92. The minimum Gasteiger partial charge on any atom is -0.370 e. The number of aliphatic imine (C=N–C) groups is 1. The van der Waals surface area contributed by atoms with E-state index in [4.69, 9.17) is 11.5 Å². The number of carbonyl (C=O) groups excluding carboxylic acids is 1. The van der Waals surface area contributed by atoms with Crippen LogP contribution < -0.4 is 21.7 Å². The Labute approximate surface area is 124 Å². The molecule has 3 rings (SSSR count). The van der Waals surface area contributed by atoms with E-state index in [0.717, 1.165) is 43.6 Å². The van der Waals surface area contributed by atoms with Gasteiger partial charge < -0.3 is 21.7 Å². The fourth-order valence-corrected chi connectivity index (χ4v) is 2.74. The third kappa shape index (κ3) is 3.26. The number of rotatable bonds is 4. The number of nitrogens with zero attached hydrogens (tertiary/aromatic N) is 2. The van der Waals surface area contributed by atoms with Gasteiger partial charge in [-0.25, -0.2) is 4.99 Å². The predicted octanol–water partition coefficient (Wildman–Crippen LogP) is 0.839. The molecule has 1 saturated carbocycles. The molecule has 6 nitrogen and oxygen atoms in total. The zero-order chi connectivity index (χ0) is 14.8. The standard InChI is InChI=1S/C15H21N5O/c16-15(17)19-11-5-7-12(8-6-11)20-9-1-2-13(20)14(21)18-10-3-4-10/h5-8,10,13H,1-4,9H2,(H,18,21)(H4,16,17,19)/t13-/m1/s1. The van der Waals surface area contributed by atoms with Crippen molar-refractivity contribution in [3.05, 3.63) is 24.3 Å². The van der Waals surface area contributed by atoms with E-state index in [1.807, 2.05) is 24.3 Å². The molecule has 1 aromatic carbocycles. The molecule has 1 atom stereocenters. The molecule has 6 heteroatoms. The van der Waals surface area contributed by atoms with Crippen LogP contribution in [0.1, 0.15) is 25.7 Å². The first kappa shape index (κ1) is 13.7. The van der Waals surface area contributed by atoms with E-state index in [0.29, 0.717) is 6.04 Å². The molecular weight excluding hydrogens is 266 g/mol. The second-order valence-electron chi connectivity index (χ2n) is 5.69. The summed E-state index contributed by atoms with van der Waals surface area (Å²) in [5, 5.41) is 3.10. The van der Waals surface area contributed by atoms with Crippen molar-refractivity contribution < 1.29 is 4.79 Å². The van der Waals surface area contributed by atoms with E-state index in [2.05, 4.69) is 15.2 Å². The van der Waals surface area contributed by atoms with Crippen LogP contribution in [-0.2, 0) is 4.79 Å². The van der Waals surface area contributed by atoms with Crippen molar-refractivity contribution in [1.29, 1.82) is 0 Å². The first-order chi connectivity index (χ1) is 10.1. The van der Waals surface area contributed by atoms with Gasteiger partial charge in [0.15, 0.2) is 5.96 Å². The van der Waals surface area contributed by atoms with Gasteiger partial charge in [-0.15, -0.1) is 0 Å². The smallest absolute Gasteiger partial charge is 0.242 e. The van der Waals surface area contributed by atoms with Crippen molar-refractivity contribution in [1.82, 2.24) is 5.32 Å². The van der Waals surface area contributed by atoms with Gasteiger partial charge in [-0.1, -0.05) is 0 Å². The Morgan fingerprint density at radius 3 is 2.52 bits per heavy atom. The highest BCUT2D eigenvalue weighted by atomic mass is 16.2. The SMILES string of the molecule is NC(N)=Nc1ccc(N2CCC[C@@H]2C(=O)NC2CC2)cc1. The predicted molar refractivity (Wildman–Crippen MR) is 83.4 cm³/mol. The Hall–Kier alpha value is -2.24. The lowest BCUT2D eigenvalue weighted by molar-refractivity contribution is -0.122. The molecule has 0 bridgehead atoms. The number of carbonyl (C=O) groups is 1. The molecule has 0 radical (unpaired) electrons. The lowest BCUT2D eigenvalue weighted by Gasteiger charge is -2.26. The molecule has 0 spiro atoms. The molecular formula is C15H21N5O. The molecule has 21 heavy (non-hydrogen) atoms. The van der Waals surface area contributed by atoms with Crippen LogP contribution in [0, 0.1) is 0 Å². The maximum atomic E-state index is 12.3. The molecule has 1 aromatic rings. The first-order valence-electron chi connectivity index (χ1n) is 7.40. The Morgan fingerprint density at radius 1 is 1.19 bits per heavy atom. The van der Waals surface area contributed by atoms with Gasteiger partial charge in [-0.2, -0.15) is 0 Å². The number of anilines is 1. The number of amides is 1. The van der Waals surface area contributed by atoms with E-state index in [1.165, 1.54) is 0 Å². The Bertz CT molecular complexity index is 546. The van der Waals surface area contributed by atoms with Crippen LogP contribution in [0.25, 0.3) is 0 Å². The van der Waals surface area contributed by atoms with Crippen molar-refractivity contribution in [2.45, 2.75) is 37.8 Å². The number of hydrogen-bond acceptors (Lipinski definition) is 3. The highest BCUT2D eigenvalue weighted by molar-refractivity contribution is 5.86. The van der Waals surface area contributed by atoms with E-state index in [9.17, 15) is 4.79 Å². The van der Waals surface area contributed by atoms with Crippen LogP contribution in [0.15, 0.2) is 29.3 Å². The molecule has 0 aromatic heterocycles. The molecule has 112 valence electrons. The van der Waals surface area contributed by atoms with Crippen LogP contribution in [0.2, 0.25) is 0 Å². The van der Waals surface area contributed by atoms with Crippen LogP contribution in [-0.4, -0.2) is 30.5 Å². The average molecular weight is 287 g/mol. The molecule has 2 aliphatic rings. The molecule has 1 amide bonds. The summed E-state index contributed by atoms with van der Waals surface area (Å²) in [7, 11) is 0. The quantitative estimate of drug-likeness (QED) is 0.564. The molecule has 1 aliphatic heterocycles. The summed E-state index contributed by atoms with van der Waals surface area (Å²) in [6.07, 6.45) is 4.18. The van der Waals surface area contributed by atoms with Gasteiger partial charge in [-0.05, 0) is 49.9 Å². The largest absolute Gasteiger partial charge is 0.370 e. The van der Waals surface area contributed by atoms with Gasteiger partial charge in [0.2, 0.25) is 5.91 Å². The number of nitrogens with one attached hydrogen (secondary N) is 1. The van der Waals surface area contributed by atoms with Gasteiger partial charge >= 0.3 is 0 Å². The van der Waals surface area contributed by atoms with Crippen molar-refractivity contribution in [2.24, 2.45) is 16.5 Å². The lowest BCUT2D eigenvalue weighted by Crippen LogP contribution is -2.44. The van der Waals surface area contributed by atoms with Gasteiger partial charge in [0.05, 0.1) is 5.69 Å². The Balaban J connectivity index is 1.72. The minimum absolute atomic E-state index is 0.0469. The number of hydrogen-bond donors (Lipinski definition) is 3. The number of benzene rings is 1. The molecule has 5 N–H and O–H groups in total. The zero-order valence-corrected chi connectivity index (χ0v) is 12.0. The van der Waals surface area contributed by atoms with Crippen LogP contribution in [0.4, 0.5) is 11.4 Å². The van der Waals surface area contributed by atoms with Crippen LogP contribution in [0.3, 0.4) is 0 Å². The minimum atomic E-state index is -0.0560. The second kappa shape index (κ2) is 5.63. The summed E-state index contributed by atoms with van der Waals surface area (Å²) in [5.41, 5.74) is 12.5. The second-order valence-corrected chi connectivity index (χ2v) is 5.69. The summed E-state index contributed by atoms with van der Waals surface area (Å²) in [4.78, 5) is 18.5. The topological polar surface area (TPSA) is 96.7 Å². The number of guanidine groups is 1. The van der Waals surface area contributed by atoms with E-state index >= 15 is 0 Å². The Kier molecular flexibility index (Phi) is 3.68. The van der Waals surface area contributed by atoms with Gasteiger partial charge in [0.1, 0.15) is 6.04 Å². The van der Waals surface area contributed by atoms with Crippen LogP contribution >= 0.6 is 0 Å². The fourth-order valence-electron chi connectivity index (χ4n) is 2.74. The van der Waals surface area contributed by atoms with Gasteiger partial charge in [-0.3, -0.25) is 4.79 Å². The highest BCUT2D eigenvalue weighted by Crippen LogP contribution is 2.28. The molecule has 1 heterocycles. The summed E-state index contributed by atoms with van der Waals surface area (Å²) in [6, 6.07) is 8.00. The molecule has 1 aliphatic carbocycles. The highest BCUT2D eigenvalue weighted by Gasteiger charge is 2.33. The Morgan fingerprint density at radius 2 is 1.90 bits per heavy atom. The molecule has 1 saturated heterocycles. The van der Waals surface area contributed by atoms with Gasteiger partial charge in [0, 0.05) is 18.3 Å². The maximum Gasteiger partial charge on any atom is 0.242 e. The summed E-state index contributed by atoms with van der Waals surface area (Å²) >= 11 is 0. The van der Waals surface area contributed by atoms with Crippen molar-refractivity contribution in [3.63, 3.8) is 0 Å². The van der Waals surface area contributed by atoms with Gasteiger partial charge in [0.25, 0.3) is 0 Å². The molecule has 0 unspecified atom stereocenters. The third-order valence-corrected chi connectivity index (χ3v) is 3.92. The maximum absolute atomic E-state index is 12.3. The number of nitrogens with two attached hydrogens (primary N) is 2. The average Bonchev–Trinajstić information content (AvgIpc) is 3.12. The summed E-state index contributed by atoms with van der Waals surface area (Å²) < 4.78 is 0. The first-order valence-corrected chi connectivity index (χ1v) is 7.40. The van der Waals surface area contributed by atoms with Crippen molar-refractivity contribution >= 4 is 23.2 Å². The van der Waals surface area contributed by atoms with Crippen LogP contribution in [0.5, 0.6) is 0 Å². The van der Waals surface area contributed by atoms with E-state index < -0.39 is 0 Å². The van der Waals surface area contributed by atoms with E-state index in [-0.39, 0.29) is 17.9 Å². The monoisotopic (exact) mass is 287 g/mol. The molecule has 2 fully saturated rings. The fraction of sp³-hybridized carbons (Fsp3) is 0.467. The summed E-state index contributed by atoms with van der Waals surface area (Å²) in [6.45, 7) is 0.907. The lowest BCUT2D eigenvalue weighted by atomic mass is 10.2. The zero-order valence-electron chi connectivity index (χ0n) is 12.0. The normalized spacial score (nSPS) is 21.1. The summed E-state index contributed by atoms with van der Waals surface area (Å²) in [5.74, 6) is 0.203.